The van der Waals surface area contributed by atoms with Gasteiger partial charge in [-0.3, -0.25) is 4.99 Å². The van der Waals surface area contributed by atoms with Gasteiger partial charge in [0.25, 0.3) is 0 Å². The third-order valence-electron chi connectivity index (χ3n) is 3.59. The molecule has 1 aromatic rings. The maximum atomic E-state index is 4.45. The summed E-state index contributed by atoms with van der Waals surface area (Å²) in [6, 6.07) is 0.587. The molecule has 0 aliphatic heterocycles. The predicted octanol–water partition coefficient (Wildman–Crippen LogP) is 3.38. The average molecular weight is 408 g/mol. The summed E-state index contributed by atoms with van der Waals surface area (Å²) in [5.41, 5.74) is 1.13. The Morgan fingerprint density at radius 2 is 2.00 bits per heavy atom. The lowest BCUT2D eigenvalue weighted by Crippen LogP contribution is -2.43. The molecule has 114 valence electrons. The average Bonchev–Trinajstić information content (AvgIpc) is 2.74. The molecule has 0 saturated heterocycles. The molecule has 0 atom stereocenters. The lowest BCUT2D eigenvalue weighted by atomic mass is 9.96. The molecule has 0 aromatic carbocycles. The first kappa shape index (κ1) is 17.7. The number of halogens is 1. The molecule has 1 aliphatic rings. The van der Waals surface area contributed by atoms with Crippen LogP contribution in [0.25, 0.3) is 0 Å². The minimum atomic E-state index is 0. The van der Waals surface area contributed by atoms with Crippen LogP contribution in [0.15, 0.2) is 4.99 Å². The van der Waals surface area contributed by atoms with E-state index in [-0.39, 0.29) is 24.0 Å². The summed E-state index contributed by atoms with van der Waals surface area (Å²) in [4.78, 5) is 10.1. The SMILES string of the molecule is CN=C(NCc1sc(C)nc1C)NC1CCCCC1.I. The summed E-state index contributed by atoms with van der Waals surface area (Å²) in [5, 5.41) is 8.05. The number of thiazole rings is 1. The fraction of sp³-hybridized carbons (Fsp3) is 0.714. The molecular formula is C14H25IN4S. The molecule has 4 nitrogen and oxygen atoms in total. The van der Waals surface area contributed by atoms with Crippen LogP contribution in [0.4, 0.5) is 0 Å². The van der Waals surface area contributed by atoms with E-state index in [2.05, 4.69) is 34.5 Å². The Bertz CT molecular complexity index is 438. The van der Waals surface area contributed by atoms with E-state index in [9.17, 15) is 0 Å². The minimum absolute atomic E-state index is 0. The Hall–Kier alpha value is -0.370. The van der Waals surface area contributed by atoms with Crippen molar-refractivity contribution in [2.45, 2.75) is 58.5 Å². The molecule has 1 heterocycles. The molecule has 0 radical (unpaired) electrons. The molecule has 0 unspecified atom stereocenters. The Morgan fingerprint density at radius 1 is 1.30 bits per heavy atom. The first-order valence-corrected chi connectivity index (χ1v) is 7.91. The smallest absolute Gasteiger partial charge is 0.191 e. The first-order chi connectivity index (χ1) is 9.19. The molecule has 1 aliphatic carbocycles. The molecule has 0 bridgehead atoms. The summed E-state index contributed by atoms with van der Waals surface area (Å²) < 4.78 is 0. The topological polar surface area (TPSA) is 49.3 Å². The highest BCUT2D eigenvalue weighted by molar-refractivity contribution is 14.0. The maximum absolute atomic E-state index is 4.45. The van der Waals surface area contributed by atoms with E-state index < -0.39 is 0 Å². The van der Waals surface area contributed by atoms with E-state index in [0.29, 0.717) is 6.04 Å². The quantitative estimate of drug-likeness (QED) is 0.458. The lowest BCUT2D eigenvalue weighted by Gasteiger charge is -2.24. The van der Waals surface area contributed by atoms with Gasteiger partial charge >= 0.3 is 0 Å². The van der Waals surface area contributed by atoms with Crippen molar-refractivity contribution >= 4 is 41.3 Å². The summed E-state index contributed by atoms with van der Waals surface area (Å²) in [5.74, 6) is 0.914. The van der Waals surface area contributed by atoms with Gasteiger partial charge in [0.1, 0.15) is 0 Å². The van der Waals surface area contributed by atoms with Crippen molar-refractivity contribution in [1.29, 1.82) is 0 Å². The molecule has 6 heteroatoms. The molecule has 0 spiro atoms. The highest BCUT2D eigenvalue weighted by Crippen LogP contribution is 2.18. The number of hydrogen-bond acceptors (Lipinski definition) is 3. The predicted molar refractivity (Wildman–Crippen MR) is 97.2 cm³/mol. The van der Waals surface area contributed by atoms with Gasteiger partial charge in [-0.15, -0.1) is 35.3 Å². The first-order valence-electron chi connectivity index (χ1n) is 7.09. The number of rotatable bonds is 3. The second kappa shape index (κ2) is 8.81. The molecule has 1 fully saturated rings. The third-order valence-corrected chi connectivity index (χ3v) is 4.66. The van der Waals surface area contributed by atoms with Crippen LogP contribution >= 0.6 is 35.3 Å². The zero-order valence-electron chi connectivity index (χ0n) is 12.5. The zero-order valence-corrected chi connectivity index (χ0v) is 15.7. The fourth-order valence-electron chi connectivity index (χ4n) is 2.54. The van der Waals surface area contributed by atoms with Crippen molar-refractivity contribution in [3.05, 3.63) is 15.6 Å². The van der Waals surface area contributed by atoms with Crippen LogP contribution in [0.1, 0.15) is 47.7 Å². The van der Waals surface area contributed by atoms with Crippen LogP contribution in [0.5, 0.6) is 0 Å². The number of aromatic nitrogens is 1. The van der Waals surface area contributed by atoms with E-state index in [1.54, 1.807) is 11.3 Å². The maximum Gasteiger partial charge on any atom is 0.191 e. The third kappa shape index (κ3) is 5.20. The monoisotopic (exact) mass is 408 g/mol. The number of guanidine groups is 1. The second-order valence-electron chi connectivity index (χ2n) is 5.15. The normalized spacial score (nSPS) is 16.6. The largest absolute Gasteiger partial charge is 0.354 e. The van der Waals surface area contributed by atoms with Crippen molar-refractivity contribution < 1.29 is 0 Å². The van der Waals surface area contributed by atoms with Gasteiger partial charge in [-0.05, 0) is 26.7 Å². The van der Waals surface area contributed by atoms with Gasteiger partial charge < -0.3 is 10.6 Å². The van der Waals surface area contributed by atoms with E-state index in [1.165, 1.54) is 37.0 Å². The summed E-state index contributed by atoms with van der Waals surface area (Å²) in [6.45, 7) is 4.93. The van der Waals surface area contributed by atoms with Crippen LogP contribution in [0.3, 0.4) is 0 Å². The van der Waals surface area contributed by atoms with Crippen LogP contribution in [-0.2, 0) is 6.54 Å². The van der Waals surface area contributed by atoms with E-state index in [4.69, 9.17) is 0 Å². The van der Waals surface area contributed by atoms with Crippen LogP contribution < -0.4 is 10.6 Å². The molecule has 20 heavy (non-hydrogen) atoms. The number of aryl methyl sites for hydroxylation is 2. The van der Waals surface area contributed by atoms with Gasteiger partial charge in [-0.2, -0.15) is 0 Å². The fourth-order valence-corrected chi connectivity index (χ4v) is 3.41. The molecular weight excluding hydrogens is 383 g/mol. The summed E-state index contributed by atoms with van der Waals surface area (Å²) in [6.07, 6.45) is 6.58. The summed E-state index contributed by atoms with van der Waals surface area (Å²) in [7, 11) is 1.84. The van der Waals surface area contributed by atoms with Gasteiger partial charge in [0.15, 0.2) is 5.96 Å². The second-order valence-corrected chi connectivity index (χ2v) is 6.43. The Labute approximate surface area is 142 Å². The van der Waals surface area contributed by atoms with Gasteiger partial charge in [0.2, 0.25) is 0 Å². The van der Waals surface area contributed by atoms with Gasteiger partial charge in [-0.25, -0.2) is 4.98 Å². The highest BCUT2D eigenvalue weighted by Gasteiger charge is 2.14. The molecule has 2 N–H and O–H groups in total. The van der Waals surface area contributed by atoms with Crippen molar-refractivity contribution in [1.82, 2.24) is 15.6 Å². The molecule has 2 rings (SSSR count). The Kier molecular flexibility index (Phi) is 7.79. The minimum Gasteiger partial charge on any atom is -0.354 e. The van der Waals surface area contributed by atoms with E-state index in [0.717, 1.165) is 23.2 Å². The highest BCUT2D eigenvalue weighted by atomic mass is 127. The standard InChI is InChI=1S/C14H24N4S.HI/c1-10-13(19-11(2)17-10)9-16-14(15-3)18-12-7-5-4-6-8-12;/h12H,4-9H2,1-3H3,(H2,15,16,18);1H. The number of hydrogen-bond donors (Lipinski definition) is 2. The van der Waals surface area contributed by atoms with Gasteiger partial charge in [-0.1, -0.05) is 19.3 Å². The lowest BCUT2D eigenvalue weighted by molar-refractivity contribution is 0.410. The molecule has 1 aromatic heterocycles. The van der Waals surface area contributed by atoms with Crippen molar-refractivity contribution in [3.8, 4) is 0 Å². The van der Waals surface area contributed by atoms with Gasteiger partial charge in [0, 0.05) is 18.0 Å². The van der Waals surface area contributed by atoms with Crippen LogP contribution in [0, 0.1) is 13.8 Å². The Balaban J connectivity index is 0.00000200. The zero-order chi connectivity index (χ0) is 13.7. The van der Waals surface area contributed by atoms with Crippen LogP contribution in [0.2, 0.25) is 0 Å². The number of nitrogens with one attached hydrogen (secondary N) is 2. The number of aliphatic imine (C=N–C) groups is 1. The Morgan fingerprint density at radius 3 is 2.55 bits per heavy atom. The van der Waals surface area contributed by atoms with Crippen molar-refractivity contribution in [2.24, 2.45) is 4.99 Å². The number of nitrogens with zero attached hydrogens (tertiary/aromatic N) is 2. The van der Waals surface area contributed by atoms with E-state index >= 15 is 0 Å². The van der Waals surface area contributed by atoms with Gasteiger partial charge in [0.05, 0.1) is 17.2 Å². The van der Waals surface area contributed by atoms with Crippen molar-refractivity contribution in [2.75, 3.05) is 7.05 Å². The molecule has 1 saturated carbocycles. The summed E-state index contributed by atoms with van der Waals surface area (Å²) >= 11 is 1.76. The molecule has 0 amide bonds. The van der Waals surface area contributed by atoms with E-state index in [1.807, 2.05) is 7.05 Å². The van der Waals surface area contributed by atoms with Crippen molar-refractivity contribution in [3.63, 3.8) is 0 Å². The van der Waals surface area contributed by atoms with Crippen LogP contribution in [-0.4, -0.2) is 24.0 Å².